The molecule has 0 unspecified atom stereocenters. The van der Waals surface area contributed by atoms with Crippen molar-refractivity contribution >= 4 is 6.08 Å². The Labute approximate surface area is 72.5 Å². The maximum atomic E-state index is 4.31. The van der Waals surface area contributed by atoms with Crippen LogP contribution < -0.4 is 0 Å². The van der Waals surface area contributed by atoms with Crippen molar-refractivity contribution < 1.29 is 0 Å². The molecule has 60 valence electrons. The summed E-state index contributed by atoms with van der Waals surface area (Å²) >= 11 is 0. The van der Waals surface area contributed by atoms with Gasteiger partial charge in [0.2, 0.25) is 0 Å². The molecule has 1 heterocycles. The van der Waals surface area contributed by atoms with Crippen molar-refractivity contribution in [1.82, 2.24) is 4.98 Å². The van der Waals surface area contributed by atoms with Gasteiger partial charge in [0, 0.05) is 6.20 Å². The van der Waals surface area contributed by atoms with Crippen LogP contribution in [0.2, 0.25) is 0 Å². The number of nitrogens with zero attached hydrogens (tertiary/aromatic N) is 1. The standard InChI is InChI=1S/C11H11N/c1-9-4-2-5-10-6-3-7-12-11(10)8-9/h2-4,6-8H,5H2,1H3. The van der Waals surface area contributed by atoms with Crippen LogP contribution in [0, 0.1) is 0 Å². The van der Waals surface area contributed by atoms with Crippen LogP contribution in [0.4, 0.5) is 0 Å². The first kappa shape index (κ1) is 7.29. The summed E-state index contributed by atoms with van der Waals surface area (Å²) in [6.45, 7) is 2.10. The van der Waals surface area contributed by atoms with Crippen molar-refractivity contribution in [1.29, 1.82) is 0 Å². The van der Waals surface area contributed by atoms with Crippen LogP contribution in [0.25, 0.3) is 6.08 Å². The Kier molecular flexibility index (Phi) is 1.78. The van der Waals surface area contributed by atoms with E-state index in [1.807, 2.05) is 12.3 Å². The first-order valence-corrected chi connectivity index (χ1v) is 4.15. The van der Waals surface area contributed by atoms with E-state index in [1.165, 1.54) is 11.1 Å². The molecule has 0 N–H and O–H groups in total. The highest BCUT2D eigenvalue weighted by molar-refractivity contribution is 5.57. The molecular weight excluding hydrogens is 146 g/mol. The van der Waals surface area contributed by atoms with E-state index in [4.69, 9.17) is 0 Å². The third-order valence-corrected chi connectivity index (χ3v) is 2.01. The lowest BCUT2D eigenvalue weighted by Gasteiger charge is -1.98. The smallest absolute Gasteiger partial charge is 0.0667 e. The molecular formula is C11H11N. The van der Waals surface area contributed by atoms with E-state index in [0.29, 0.717) is 0 Å². The average molecular weight is 157 g/mol. The fourth-order valence-electron chi connectivity index (χ4n) is 1.39. The average Bonchev–Trinajstić information content (AvgIpc) is 2.25. The highest BCUT2D eigenvalue weighted by Crippen LogP contribution is 2.15. The molecule has 1 aromatic heterocycles. The molecule has 12 heavy (non-hydrogen) atoms. The van der Waals surface area contributed by atoms with Gasteiger partial charge >= 0.3 is 0 Å². The first-order chi connectivity index (χ1) is 5.86. The zero-order chi connectivity index (χ0) is 8.39. The van der Waals surface area contributed by atoms with Gasteiger partial charge in [-0.3, -0.25) is 4.98 Å². The largest absolute Gasteiger partial charge is 0.257 e. The predicted molar refractivity (Wildman–Crippen MR) is 50.7 cm³/mol. The summed E-state index contributed by atoms with van der Waals surface area (Å²) in [5.74, 6) is 0. The molecule has 0 spiro atoms. The second-order valence-corrected chi connectivity index (χ2v) is 3.04. The summed E-state index contributed by atoms with van der Waals surface area (Å²) in [7, 11) is 0. The molecule has 0 aromatic carbocycles. The second-order valence-electron chi connectivity index (χ2n) is 3.04. The van der Waals surface area contributed by atoms with Crippen LogP contribution in [0.15, 0.2) is 36.1 Å². The fraction of sp³-hybridized carbons (Fsp3) is 0.182. The minimum Gasteiger partial charge on any atom is -0.257 e. The quantitative estimate of drug-likeness (QED) is 0.564. The van der Waals surface area contributed by atoms with Gasteiger partial charge in [-0.15, -0.1) is 0 Å². The van der Waals surface area contributed by atoms with Gasteiger partial charge in [-0.2, -0.15) is 0 Å². The van der Waals surface area contributed by atoms with Crippen molar-refractivity contribution in [2.45, 2.75) is 13.3 Å². The first-order valence-electron chi connectivity index (χ1n) is 4.15. The number of aromatic nitrogens is 1. The third-order valence-electron chi connectivity index (χ3n) is 2.01. The van der Waals surface area contributed by atoms with Crippen LogP contribution in [-0.4, -0.2) is 4.98 Å². The lowest BCUT2D eigenvalue weighted by atomic mass is 10.1. The van der Waals surface area contributed by atoms with Gasteiger partial charge in [0.05, 0.1) is 5.69 Å². The molecule has 1 nitrogen and oxygen atoms in total. The summed E-state index contributed by atoms with van der Waals surface area (Å²) in [5.41, 5.74) is 3.69. The molecule has 0 saturated heterocycles. The van der Waals surface area contributed by atoms with E-state index >= 15 is 0 Å². The Hall–Kier alpha value is -1.37. The van der Waals surface area contributed by atoms with Crippen LogP contribution in [-0.2, 0) is 6.42 Å². The number of fused-ring (bicyclic) bond motifs is 1. The van der Waals surface area contributed by atoms with Crippen molar-refractivity contribution in [3.63, 3.8) is 0 Å². The lowest BCUT2D eigenvalue weighted by molar-refractivity contribution is 1.17. The summed E-state index contributed by atoms with van der Waals surface area (Å²) < 4.78 is 0. The summed E-state index contributed by atoms with van der Waals surface area (Å²) in [5, 5.41) is 0. The topological polar surface area (TPSA) is 12.9 Å². The molecule has 1 aliphatic carbocycles. The molecule has 0 amide bonds. The molecule has 0 aliphatic heterocycles. The van der Waals surface area contributed by atoms with Gasteiger partial charge in [0.15, 0.2) is 0 Å². The van der Waals surface area contributed by atoms with Gasteiger partial charge in [0.25, 0.3) is 0 Å². The highest BCUT2D eigenvalue weighted by Gasteiger charge is 2.01. The van der Waals surface area contributed by atoms with Crippen LogP contribution in [0.3, 0.4) is 0 Å². The normalized spacial score (nSPS) is 14.9. The molecule has 0 radical (unpaired) electrons. The summed E-state index contributed by atoms with van der Waals surface area (Å²) in [6, 6.07) is 4.11. The van der Waals surface area contributed by atoms with Crippen LogP contribution in [0.1, 0.15) is 18.2 Å². The van der Waals surface area contributed by atoms with Gasteiger partial charge in [-0.05, 0) is 36.6 Å². The van der Waals surface area contributed by atoms with Crippen molar-refractivity contribution in [3.8, 4) is 0 Å². The highest BCUT2D eigenvalue weighted by atomic mass is 14.7. The molecule has 0 bridgehead atoms. The minimum absolute atomic E-state index is 0.997. The van der Waals surface area contributed by atoms with E-state index in [9.17, 15) is 0 Å². The van der Waals surface area contributed by atoms with Crippen LogP contribution >= 0.6 is 0 Å². The molecule has 2 rings (SSSR count). The Morgan fingerprint density at radius 2 is 2.33 bits per heavy atom. The maximum absolute atomic E-state index is 4.31. The summed E-state index contributed by atoms with van der Waals surface area (Å²) in [6.07, 6.45) is 9.28. The summed E-state index contributed by atoms with van der Waals surface area (Å²) in [4.78, 5) is 4.31. The van der Waals surface area contributed by atoms with Gasteiger partial charge in [-0.25, -0.2) is 0 Å². The van der Waals surface area contributed by atoms with Gasteiger partial charge in [0.1, 0.15) is 0 Å². The molecule has 1 heteroatoms. The van der Waals surface area contributed by atoms with E-state index in [-0.39, 0.29) is 0 Å². The Bertz CT molecular complexity index is 348. The molecule has 0 fully saturated rings. The van der Waals surface area contributed by atoms with Gasteiger partial charge < -0.3 is 0 Å². The second kappa shape index (κ2) is 2.94. The Morgan fingerprint density at radius 3 is 3.25 bits per heavy atom. The fourth-order valence-corrected chi connectivity index (χ4v) is 1.39. The van der Waals surface area contributed by atoms with E-state index in [1.54, 1.807) is 0 Å². The van der Waals surface area contributed by atoms with Gasteiger partial charge in [-0.1, -0.05) is 18.2 Å². The zero-order valence-corrected chi connectivity index (χ0v) is 7.12. The van der Waals surface area contributed by atoms with E-state index in [2.05, 4.69) is 36.2 Å². The van der Waals surface area contributed by atoms with E-state index < -0.39 is 0 Å². The third kappa shape index (κ3) is 1.30. The SMILES string of the molecule is CC1=Cc2ncccc2CC=C1. The molecule has 0 saturated carbocycles. The zero-order valence-electron chi connectivity index (χ0n) is 7.12. The predicted octanol–water partition coefficient (Wildman–Crippen LogP) is 2.60. The monoisotopic (exact) mass is 157 g/mol. The molecule has 0 atom stereocenters. The Morgan fingerprint density at radius 1 is 1.42 bits per heavy atom. The number of hydrogen-bond acceptors (Lipinski definition) is 1. The molecule has 1 aliphatic rings. The van der Waals surface area contributed by atoms with Crippen molar-refractivity contribution in [2.75, 3.05) is 0 Å². The van der Waals surface area contributed by atoms with Crippen molar-refractivity contribution in [3.05, 3.63) is 47.3 Å². The van der Waals surface area contributed by atoms with E-state index in [0.717, 1.165) is 12.1 Å². The number of allylic oxidation sites excluding steroid dienone is 3. The number of rotatable bonds is 0. The minimum atomic E-state index is 0.997. The molecule has 1 aromatic rings. The Balaban J connectivity index is 2.54. The van der Waals surface area contributed by atoms with Crippen LogP contribution in [0.5, 0.6) is 0 Å². The maximum Gasteiger partial charge on any atom is 0.0667 e. The number of hydrogen-bond donors (Lipinski definition) is 0. The lowest BCUT2D eigenvalue weighted by Crippen LogP contribution is -1.88. The van der Waals surface area contributed by atoms with Crippen molar-refractivity contribution in [2.24, 2.45) is 0 Å². The number of pyridine rings is 1.